The average Bonchev–Trinajstić information content (AvgIpc) is 2.35. The van der Waals surface area contributed by atoms with Crippen molar-refractivity contribution in [3.8, 4) is 0 Å². The molecule has 1 aromatic rings. The van der Waals surface area contributed by atoms with Gasteiger partial charge in [-0.3, -0.25) is 4.79 Å². The summed E-state index contributed by atoms with van der Waals surface area (Å²) in [4.78, 5) is 10.1. The molecule has 0 amide bonds. The van der Waals surface area contributed by atoms with E-state index in [1.54, 1.807) is 0 Å². The lowest BCUT2D eigenvalue weighted by Crippen LogP contribution is -2.25. The molecule has 1 atom stereocenters. The van der Waals surface area contributed by atoms with E-state index in [2.05, 4.69) is 26.0 Å². The summed E-state index contributed by atoms with van der Waals surface area (Å²) in [7, 11) is 1.12. The first-order valence-electron chi connectivity index (χ1n) is 4.67. The Morgan fingerprint density at radius 3 is 2.28 bits per heavy atom. The first-order valence-corrected chi connectivity index (χ1v) is 5.58. The molecule has 0 aromatic heterocycles. The van der Waals surface area contributed by atoms with Crippen molar-refractivity contribution in [1.82, 2.24) is 0 Å². The number of carbonyl (C=O) groups is 1. The van der Waals surface area contributed by atoms with E-state index in [1.807, 2.05) is 0 Å². The molecule has 0 heterocycles. The molecule has 0 fully saturated rings. The fourth-order valence-electron chi connectivity index (χ4n) is 1.13. The topological polar surface area (TPSA) is 38.3 Å². The molecule has 3 nitrogen and oxygen atoms in total. The number of benzene rings is 1. The van der Waals surface area contributed by atoms with Crippen molar-refractivity contribution in [3.63, 3.8) is 0 Å². The zero-order valence-electron chi connectivity index (χ0n) is 9.07. The Hall–Kier alpha value is -1.31. The minimum absolute atomic E-state index is 0.0990. The average molecular weight is 330 g/mol. The quantitative estimate of drug-likeness (QED) is 0.399. The first-order chi connectivity index (χ1) is 8.38. The Kier molecular flexibility index (Phi) is 4.94. The van der Waals surface area contributed by atoms with Gasteiger partial charge in [-0.15, -0.1) is 0 Å². The Labute approximate surface area is 108 Å². The number of rotatable bonds is 4. The SMILES string of the molecule is COC(=O)C(Br)CNc1c(F)c(F)cc(F)c1F. The van der Waals surface area contributed by atoms with Gasteiger partial charge in [0.25, 0.3) is 0 Å². The van der Waals surface area contributed by atoms with E-state index >= 15 is 0 Å². The normalized spacial score (nSPS) is 12.1. The summed E-state index contributed by atoms with van der Waals surface area (Å²) in [6.45, 7) is -0.302. The Morgan fingerprint density at radius 1 is 1.33 bits per heavy atom. The number of hydrogen-bond donors (Lipinski definition) is 1. The maximum Gasteiger partial charge on any atom is 0.321 e. The molecule has 0 saturated carbocycles. The zero-order chi connectivity index (χ0) is 13.9. The molecule has 100 valence electrons. The van der Waals surface area contributed by atoms with Crippen molar-refractivity contribution >= 4 is 27.6 Å². The van der Waals surface area contributed by atoms with Crippen LogP contribution >= 0.6 is 15.9 Å². The van der Waals surface area contributed by atoms with Gasteiger partial charge in [-0.25, -0.2) is 17.6 Å². The summed E-state index contributed by atoms with van der Waals surface area (Å²) in [6, 6.07) is 0.0990. The third kappa shape index (κ3) is 3.12. The lowest BCUT2D eigenvalue weighted by atomic mass is 10.2. The molecule has 0 aliphatic heterocycles. The minimum Gasteiger partial charge on any atom is -0.468 e. The van der Waals surface area contributed by atoms with Gasteiger partial charge in [0.05, 0.1) is 7.11 Å². The number of anilines is 1. The van der Waals surface area contributed by atoms with Gasteiger partial charge in [0.2, 0.25) is 0 Å². The van der Waals surface area contributed by atoms with Crippen LogP contribution in [0.5, 0.6) is 0 Å². The first kappa shape index (κ1) is 14.7. The number of alkyl halides is 1. The van der Waals surface area contributed by atoms with E-state index in [9.17, 15) is 22.4 Å². The van der Waals surface area contributed by atoms with Gasteiger partial charge in [-0.05, 0) is 0 Å². The summed E-state index contributed by atoms with van der Waals surface area (Å²) in [6.07, 6.45) is 0. The van der Waals surface area contributed by atoms with E-state index in [4.69, 9.17) is 0 Å². The third-order valence-corrected chi connectivity index (χ3v) is 2.72. The molecule has 0 saturated heterocycles. The molecule has 1 N–H and O–H groups in total. The number of halogens is 5. The summed E-state index contributed by atoms with van der Waals surface area (Å²) in [5.74, 6) is -6.86. The van der Waals surface area contributed by atoms with Crippen LogP contribution in [-0.4, -0.2) is 24.5 Å². The van der Waals surface area contributed by atoms with Crippen LogP contribution in [0.3, 0.4) is 0 Å². The number of nitrogens with one attached hydrogen (secondary N) is 1. The lowest BCUT2D eigenvalue weighted by molar-refractivity contribution is -0.139. The molecular weight excluding hydrogens is 322 g/mol. The van der Waals surface area contributed by atoms with Crippen molar-refractivity contribution in [3.05, 3.63) is 29.3 Å². The smallest absolute Gasteiger partial charge is 0.321 e. The lowest BCUT2D eigenvalue weighted by Gasteiger charge is -2.12. The van der Waals surface area contributed by atoms with Gasteiger partial charge in [-0.2, -0.15) is 0 Å². The largest absolute Gasteiger partial charge is 0.468 e. The van der Waals surface area contributed by atoms with E-state index in [0.717, 1.165) is 7.11 Å². The van der Waals surface area contributed by atoms with Crippen molar-refractivity contribution in [2.75, 3.05) is 19.0 Å². The molecule has 0 radical (unpaired) electrons. The maximum atomic E-state index is 13.2. The molecule has 0 aliphatic rings. The second-order valence-corrected chi connectivity index (χ2v) is 4.32. The summed E-state index contributed by atoms with van der Waals surface area (Å²) < 4.78 is 56.4. The van der Waals surface area contributed by atoms with Crippen LogP contribution in [0.15, 0.2) is 6.07 Å². The van der Waals surface area contributed by atoms with Gasteiger partial charge < -0.3 is 10.1 Å². The van der Waals surface area contributed by atoms with Crippen molar-refractivity contribution in [2.24, 2.45) is 0 Å². The van der Waals surface area contributed by atoms with Gasteiger partial charge >= 0.3 is 5.97 Å². The van der Waals surface area contributed by atoms with Crippen LogP contribution in [0.4, 0.5) is 23.2 Å². The van der Waals surface area contributed by atoms with Crippen LogP contribution in [0.2, 0.25) is 0 Å². The standard InChI is InChI=1S/C10H8BrF4NO2/c1-18-10(17)4(11)3-16-9-7(14)5(12)2-6(13)8(9)15/h2,4,16H,3H2,1H3. The third-order valence-electron chi connectivity index (χ3n) is 2.03. The molecule has 1 unspecified atom stereocenters. The zero-order valence-corrected chi connectivity index (χ0v) is 10.7. The van der Waals surface area contributed by atoms with Crippen LogP contribution in [0.1, 0.15) is 0 Å². The molecule has 1 rings (SSSR count). The highest BCUT2D eigenvalue weighted by Gasteiger charge is 2.21. The highest BCUT2D eigenvalue weighted by Crippen LogP contribution is 2.24. The van der Waals surface area contributed by atoms with E-state index in [0.29, 0.717) is 0 Å². The molecule has 18 heavy (non-hydrogen) atoms. The van der Waals surface area contributed by atoms with E-state index in [1.165, 1.54) is 0 Å². The van der Waals surface area contributed by atoms with E-state index in [-0.39, 0.29) is 12.6 Å². The van der Waals surface area contributed by atoms with Crippen LogP contribution in [-0.2, 0) is 9.53 Å². The highest BCUT2D eigenvalue weighted by molar-refractivity contribution is 9.10. The molecule has 0 spiro atoms. The maximum absolute atomic E-state index is 13.2. The molecule has 0 bridgehead atoms. The Morgan fingerprint density at radius 2 is 1.83 bits per heavy atom. The fourth-order valence-corrected chi connectivity index (χ4v) is 1.48. The summed E-state index contributed by atoms with van der Waals surface area (Å²) >= 11 is 2.88. The van der Waals surface area contributed by atoms with Crippen molar-refractivity contribution < 1.29 is 27.1 Å². The number of hydrogen-bond acceptors (Lipinski definition) is 3. The van der Waals surface area contributed by atoms with Crippen LogP contribution in [0, 0.1) is 23.3 Å². The highest BCUT2D eigenvalue weighted by atomic mass is 79.9. The monoisotopic (exact) mass is 329 g/mol. The second-order valence-electron chi connectivity index (χ2n) is 3.21. The molecule has 8 heteroatoms. The second kappa shape index (κ2) is 6.03. The van der Waals surface area contributed by atoms with Gasteiger partial charge in [0.15, 0.2) is 23.3 Å². The van der Waals surface area contributed by atoms with Gasteiger partial charge in [0.1, 0.15) is 10.5 Å². The predicted octanol–water partition coefficient (Wildman–Crippen LogP) is 2.59. The fraction of sp³-hybridized carbons (Fsp3) is 0.300. The van der Waals surface area contributed by atoms with Gasteiger partial charge in [-0.1, -0.05) is 15.9 Å². The Balaban J connectivity index is 2.88. The van der Waals surface area contributed by atoms with E-state index < -0.39 is 39.8 Å². The number of methoxy groups -OCH3 is 1. The van der Waals surface area contributed by atoms with Crippen LogP contribution < -0.4 is 5.32 Å². The number of ether oxygens (including phenoxy) is 1. The van der Waals surface area contributed by atoms with Crippen molar-refractivity contribution in [2.45, 2.75) is 4.83 Å². The summed E-state index contributed by atoms with van der Waals surface area (Å²) in [5, 5.41) is 2.10. The number of carbonyl (C=O) groups excluding carboxylic acids is 1. The van der Waals surface area contributed by atoms with Crippen LogP contribution in [0.25, 0.3) is 0 Å². The van der Waals surface area contributed by atoms with Crippen molar-refractivity contribution in [1.29, 1.82) is 0 Å². The number of esters is 1. The summed E-state index contributed by atoms with van der Waals surface area (Å²) in [5.41, 5.74) is -0.971. The molecule has 0 aliphatic carbocycles. The molecule has 1 aromatic carbocycles. The minimum atomic E-state index is -1.56. The molecular formula is C10H8BrF4NO2. The predicted molar refractivity (Wildman–Crippen MR) is 59.5 cm³/mol. The Bertz CT molecular complexity index is 443. The van der Waals surface area contributed by atoms with Gasteiger partial charge in [0, 0.05) is 12.6 Å².